The van der Waals surface area contributed by atoms with Crippen molar-refractivity contribution in [2.24, 2.45) is 17.6 Å². The van der Waals surface area contributed by atoms with Gasteiger partial charge in [0.25, 0.3) is 5.91 Å². The summed E-state index contributed by atoms with van der Waals surface area (Å²) < 4.78 is 0. The van der Waals surface area contributed by atoms with Crippen LogP contribution in [0.25, 0.3) is 0 Å². The maximum atomic E-state index is 12.7. The predicted octanol–water partition coefficient (Wildman–Crippen LogP) is 3.56. The Morgan fingerprint density at radius 2 is 1.54 bits per heavy atom. The SMILES string of the molecule is Cl.NC1CCC2CN(C(=O)c3ccc(NC(=O)Nc4ccccc4)cc3)CC12. The van der Waals surface area contributed by atoms with E-state index in [4.69, 9.17) is 5.73 Å². The van der Waals surface area contributed by atoms with E-state index in [2.05, 4.69) is 10.6 Å². The number of fused-ring (bicyclic) bond motifs is 1. The summed E-state index contributed by atoms with van der Waals surface area (Å²) in [6, 6.07) is 16.2. The zero-order chi connectivity index (χ0) is 18.8. The van der Waals surface area contributed by atoms with Crippen LogP contribution >= 0.6 is 12.4 Å². The van der Waals surface area contributed by atoms with Crippen LogP contribution < -0.4 is 16.4 Å². The van der Waals surface area contributed by atoms with Crippen LogP contribution in [0, 0.1) is 11.8 Å². The Morgan fingerprint density at radius 1 is 0.893 bits per heavy atom. The third-order valence-corrected chi connectivity index (χ3v) is 5.62. The Labute approximate surface area is 170 Å². The first-order valence-electron chi connectivity index (χ1n) is 9.38. The van der Waals surface area contributed by atoms with Crippen molar-refractivity contribution < 1.29 is 9.59 Å². The molecule has 3 amide bonds. The number of nitrogens with zero attached hydrogens (tertiary/aromatic N) is 1. The van der Waals surface area contributed by atoms with E-state index in [-0.39, 0.29) is 30.4 Å². The monoisotopic (exact) mass is 400 g/mol. The summed E-state index contributed by atoms with van der Waals surface area (Å²) in [7, 11) is 0. The summed E-state index contributed by atoms with van der Waals surface area (Å²) >= 11 is 0. The second-order valence-corrected chi connectivity index (χ2v) is 7.40. The third-order valence-electron chi connectivity index (χ3n) is 5.62. The summed E-state index contributed by atoms with van der Waals surface area (Å²) in [6.07, 6.45) is 2.19. The summed E-state index contributed by atoms with van der Waals surface area (Å²) in [4.78, 5) is 26.7. The van der Waals surface area contributed by atoms with Crippen molar-refractivity contribution in [3.05, 3.63) is 60.2 Å². The quantitative estimate of drug-likeness (QED) is 0.736. The smallest absolute Gasteiger partial charge is 0.323 e. The molecule has 0 aromatic heterocycles. The number of halogens is 1. The molecule has 2 fully saturated rings. The van der Waals surface area contributed by atoms with Crippen LogP contribution in [0.4, 0.5) is 16.2 Å². The number of para-hydroxylation sites is 1. The fourth-order valence-corrected chi connectivity index (χ4v) is 4.17. The maximum Gasteiger partial charge on any atom is 0.323 e. The van der Waals surface area contributed by atoms with E-state index in [1.165, 1.54) is 0 Å². The minimum absolute atomic E-state index is 0. The Bertz CT molecular complexity index is 828. The van der Waals surface area contributed by atoms with E-state index < -0.39 is 0 Å². The molecule has 1 saturated carbocycles. The van der Waals surface area contributed by atoms with Gasteiger partial charge in [0, 0.05) is 36.1 Å². The minimum atomic E-state index is -0.318. The van der Waals surface area contributed by atoms with Gasteiger partial charge < -0.3 is 21.3 Å². The van der Waals surface area contributed by atoms with Gasteiger partial charge in [-0.3, -0.25) is 4.79 Å². The molecule has 2 aromatic carbocycles. The van der Waals surface area contributed by atoms with Gasteiger partial charge in [-0.25, -0.2) is 4.79 Å². The third kappa shape index (κ3) is 4.29. The molecule has 1 saturated heterocycles. The number of carbonyl (C=O) groups excluding carboxylic acids is 2. The van der Waals surface area contributed by atoms with E-state index in [1.807, 2.05) is 35.2 Å². The van der Waals surface area contributed by atoms with Crippen molar-refractivity contribution in [1.29, 1.82) is 0 Å². The number of likely N-dealkylation sites (tertiary alicyclic amines) is 1. The average Bonchev–Trinajstić information content (AvgIpc) is 3.25. The van der Waals surface area contributed by atoms with Gasteiger partial charge in [0.05, 0.1) is 0 Å². The maximum absolute atomic E-state index is 12.7. The standard InChI is InChI=1S/C21H24N4O2.ClH/c22-19-11-8-15-12-25(13-18(15)19)20(26)14-6-9-17(10-7-14)24-21(27)23-16-4-2-1-3-5-16;/h1-7,9-10,15,18-19H,8,11-13,22H2,(H2,23,24,27);1H. The van der Waals surface area contributed by atoms with Crippen LogP contribution in [-0.2, 0) is 0 Å². The highest BCUT2D eigenvalue weighted by molar-refractivity contribution is 6.00. The van der Waals surface area contributed by atoms with Gasteiger partial charge >= 0.3 is 6.03 Å². The summed E-state index contributed by atoms with van der Waals surface area (Å²) in [5, 5.41) is 5.53. The van der Waals surface area contributed by atoms with Crippen LogP contribution in [-0.4, -0.2) is 36.0 Å². The zero-order valence-corrected chi connectivity index (χ0v) is 16.3. The van der Waals surface area contributed by atoms with Gasteiger partial charge in [0.15, 0.2) is 0 Å². The molecular formula is C21H25ClN4O2. The van der Waals surface area contributed by atoms with E-state index in [0.29, 0.717) is 23.1 Å². The Kier molecular flexibility index (Phi) is 6.21. The summed E-state index contributed by atoms with van der Waals surface area (Å²) in [5.41, 5.74) is 8.16. The average molecular weight is 401 g/mol. The van der Waals surface area contributed by atoms with E-state index in [0.717, 1.165) is 31.6 Å². The number of rotatable bonds is 3. The lowest BCUT2D eigenvalue weighted by molar-refractivity contribution is 0.0779. The van der Waals surface area contributed by atoms with Crippen LogP contribution in [0.15, 0.2) is 54.6 Å². The van der Waals surface area contributed by atoms with E-state index >= 15 is 0 Å². The number of anilines is 2. The van der Waals surface area contributed by atoms with Gasteiger partial charge in [0.1, 0.15) is 0 Å². The first-order chi connectivity index (χ1) is 13.1. The van der Waals surface area contributed by atoms with Gasteiger partial charge in [0.2, 0.25) is 0 Å². The molecule has 6 nitrogen and oxygen atoms in total. The molecule has 4 N–H and O–H groups in total. The number of amides is 3. The van der Waals surface area contributed by atoms with Gasteiger partial charge in [-0.05, 0) is 61.1 Å². The fraction of sp³-hybridized carbons (Fsp3) is 0.333. The van der Waals surface area contributed by atoms with Gasteiger partial charge in [-0.1, -0.05) is 18.2 Å². The number of hydrogen-bond acceptors (Lipinski definition) is 3. The lowest BCUT2D eigenvalue weighted by atomic mass is 9.98. The number of carbonyl (C=O) groups is 2. The lowest BCUT2D eigenvalue weighted by Gasteiger charge is -2.19. The molecule has 1 heterocycles. The molecular weight excluding hydrogens is 376 g/mol. The zero-order valence-electron chi connectivity index (χ0n) is 15.5. The highest BCUT2D eigenvalue weighted by Crippen LogP contribution is 2.37. The molecule has 1 aliphatic carbocycles. The number of nitrogens with two attached hydrogens (primary N) is 1. The molecule has 1 aliphatic heterocycles. The highest BCUT2D eigenvalue weighted by atomic mass is 35.5. The van der Waals surface area contributed by atoms with Crippen LogP contribution in [0.5, 0.6) is 0 Å². The number of nitrogens with one attached hydrogen (secondary N) is 2. The molecule has 3 atom stereocenters. The van der Waals surface area contributed by atoms with E-state index in [1.54, 1.807) is 24.3 Å². The summed E-state index contributed by atoms with van der Waals surface area (Å²) in [5.74, 6) is 1.03. The molecule has 148 valence electrons. The fourth-order valence-electron chi connectivity index (χ4n) is 4.17. The molecule has 0 spiro atoms. The Hall–Kier alpha value is -2.57. The number of hydrogen-bond donors (Lipinski definition) is 3. The van der Waals surface area contributed by atoms with Crippen LogP contribution in [0.2, 0.25) is 0 Å². The number of urea groups is 1. The molecule has 0 bridgehead atoms. The highest BCUT2D eigenvalue weighted by Gasteiger charge is 2.42. The number of benzene rings is 2. The first-order valence-corrected chi connectivity index (χ1v) is 9.38. The minimum Gasteiger partial charge on any atom is -0.338 e. The van der Waals surface area contributed by atoms with Crippen LogP contribution in [0.3, 0.4) is 0 Å². The molecule has 0 radical (unpaired) electrons. The van der Waals surface area contributed by atoms with Crippen molar-refractivity contribution in [2.45, 2.75) is 18.9 Å². The molecule has 3 unspecified atom stereocenters. The van der Waals surface area contributed by atoms with Crippen LogP contribution in [0.1, 0.15) is 23.2 Å². The Morgan fingerprint density at radius 3 is 2.18 bits per heavy atom. The molecule has 2 aliphatic rings. The van der Waals surface area contributed by atoms with Crippen molar-refractivity contribution in [3.63, 3.8) is 0 Å². The van der Waals surface area contributed by atoms with E-state index in [9.17, 15) is 9.59 Å². The van der Waals surface area contributed by atoms with Gasteiger partial charge in [-0.2, -0.15) is 0 Å². The van der Waals surface area contributed by atoms with Crippen molar-refractivity contribution in [2.75, 3.05) is 23.7 Å². The second kappa shape index (κ2) is 8.63. The second-order valence-electron chi connectivity index (χ2n) is 7.40. The lowest BCUT2D eigenvalue weighted by Crippen LogP contribution is -2.33. The van der Waals surface area contributed by atoms with Crippen molar-refractivity contribution in [3.8, 4) is 0 Å². The van der Waals surface area contributed by atoms with Gasteiger partial charge in [-0.15, -0.1) is 12.4 Å². The molecule has 28 heavy (non-hydrogen) atoms. The predicted molar refractivity (Wildman–Crippen MR) is 113 cm³/mol. The topological polar surface area (TPSA) is 87.5 Å². The normalized spacial score (nSPS) is 22.9. The molecule has 4 rings (SSSR count). The Balaban J connectivity index is 0.00000225. The summed E-state index contributed by atoms with van der Waals surface area (Å²) in [6.45, 7) is 1.56. The largest absolute Gasteiger partial charge is 0.338 e. The van der Waals surface area contributed by atoms with Crippen molar-refractivity contribution >= 4 is 35.7 Å². The molecule has 7 heteroatoms. The van der Waals surface area contributed by atoms with Crippen molar-refractivity contribution in [1.82, 2.24) is 4.90 Å². The first kappa shape index (κ1) is 20.2. The molecule has 2 aromatic rings.